The summed E-state index contributed by atoms with van der Waals surface area (Å²) in [6, 6.07) is 8.28. The van der Waals surface area contributed by atoms with Crippen LogP contribution in [0.1, 0.15) is 37.5 Å². The van der Waals surface area contributed by atoms with E-state index in [1.54, 1.807) is 11.8 Å². The van der Waals surface area contributed by atoms with E-state index in [0.717, 1.165) is 17.7 Å². The standard InChI is InChI=1S/C19H27NO3S/c1-12(2)15-11-22-16(9-10-24-4)20(15)19(21)18-17(23-18)14-8-6-5-7-13(14)3/h5-8,12,15-18H,9-11H2,1-4H3/t15-,16+,17+,18-/m1/s1. The van der Waals surface area contributed by atoms with Gasteiger partial charge in [0.2, 0.25) is 0 Å². The zero-order chi connectivity index (χ0) is 17.3. The minimum atomic E-state index is -0.356. The first-order chi connectivity index (χ1) is 11.5. The highest BCUT2D eigenvalue weighted by Gasteiger charge is 2.52. The topological polar surface area (TPSA) is 42.1 Å². The van der Waals surface area contributed by atoms with Crippen LogP contribution in [0.4, 0.5) is 0 Å². The summed E-state index contributed by atoms with van der Waals surface area (Å²) >= 11 is 1.79. The molecule has 0 unspecified atom stereocenters. The Balaban J connectivity index is 1.73. The SMILES string of the molecule is CSCC[C@@H]1OC[C@H](C(C)C)N1C(=O)[C@@H]1O[C@H]1c1ccccc1C. The van der Waals surface area contributed by atoms with Gasteiger partial charge in [0.05, 0.1) is 12.6 Å². The van der Waals surface area contributed by atoms with Crippen LogP contribution in [-0.4, -0.2) is 47.8 Å². The van der Waals surface area contributed by atoms with Crippen LogP contribution in [0.5, 0.6) is 0 Å². The third-order valence-corrected chi connectivity index (χ3v) is 5.59. The Labute approximate surface area is 148 Å². The highest BCUT2D eigenvalue weighted by atomic mass is 32.2. The Kier molecular flexibility index (Phi) is 5.52. The van der Waals surface area contributed by atoms with Crippen LogP contribution in [0, 0.1) is 12.8 Å². The molecule has 4 nitrogen and oxygen atoms in total. The summed E-state index contributed by atoms with van der Waals surface area (Å²) in [4.78, 5) is 15.1. The first kappa shape index (κ1) is 17.8. The normalized spacial score (nSPS) is 29.3. The van der Waals surface area contributed by atoms with Gasteiger partial charge in [-0.1, -0.05) is 38.1 Å². The summed E-state index contributed by atoms with van der Waals surface area (Å²) < 4.78 is 11.7. The highest BCUT2D eigenvalue weighted by molar-refractivity contribution is 7.98. The maximum atomic E-state index is 13.1. The van der Waals surface area contributed by atoms with Gasteiger partial charge < -0.3 is 14.4 Å². The molecule has 5 heteroatoms. The van der Waals surface area contributed by atoms with E-state index in [9.17, 15) is 4.79 Å². The molecule has 4 atom stereocenters. The highest BCUT2D eigenvalue weighted by Crippen LogP contribution is 2.42. The van der Waals surface area contributed by atoms with Gasteiger partial charge in [-0.25, -0.2) is 0 Å². The number of benzene rings is 1. The monoisotopic (exact) mass is 349 g/mol. The number of carbonyl (C=O) groups is 1. The van der Waals surface area contributed by atoms with Crippen LogP contribution >= 0.6 is 11.8 Å². The van der Waals surface area contributed by atoms with Crippen LogP contribution in [0.25, 0.3) is 0 Å². The van der Waals surface area contributed by atoms with E-state index < -0.39 is 0 Å². The Bertz CT molecular complexity index is 592. The summed E-state index contributed by atoms with van der Waals surface area (Å²) in [6.07, 6.45) is 2.38. The van der Waals surface area contributed by atoms with E-state index in [1.165, 1.54) is 5.56 Å². The maximum absolute atomic E-state index is 13.1. The van der Waals surface area contributed by atoms with E-state index in [2.05, 4.69) is 39.2 Å². The molecular weight excluding hydrogens is 322 g/mol. The van der Waals surface area contributed by atoms with Crippen molar-refractivity contribution >= 4 is 17.7 Å². The quantitative estimate of drug-likeness (QED) is 0.738. The third-order valence-electron chi connectivity index (χ3n) is 4.95. The molecular formula is C19H27NO3S. The lowest BCUT2D eigenvalue weighted by Crippen LogP contribution is -2.46. The minimum Gasteiger partial charge on any atom is -0.356 e. The second-order valence-corrected chi connectivity index (χ2v) is 7.95. The summed E-state index contributed by atoms with van der Waals surface area (Å²) in [7, 11) is 0. The lowest BCUT2D eigenvalue weighted by atomic mass is 10.0. The van der Waals surface area contributed by atoms with Crippen molar-refractivity contribution in [1.82, 2.24) is 4.90 Å². The largest absolute Gasteiger partial charge is 0.356 e. The van der Waals surface area contributed by atoms with Crippen molar-refractivity contribution in [3.05, 3.63) is 35.4 Å². The molecule has 132 valence electrons. The summed E-state index contributed by atoms with van der Waals surface area (Å²) in [5.41, 5.74) is 2.30. The van der Waals surface area contributed by atoms with Crippen molar-refractivity contribution in [3.63, 3.8) is 0 Å². The Hall–Kier alpha value is -1.04. The van der Waals surface area contributed by atoms with E-state index in [-0.39, 0.29) is 30.4 Å². The number of carbonyl (C=O) groups excluding carboxylic acids is 1. The van der Waals surface area contributed by atoms with E-state index in [4.69, 9.17) is 9.47 Å². The lowest BCUT2D eigenvalue weighted by Gasteiger charge is -2.30. The molecule has 1 aromatic rings. The van der Waals surface area contributed by atoms with Crippen molar-refractivity contribution in [2.75, 3.05) is 18.6 Å². The molecule has 0 saturated carbocycles. The van der Waals surface area contributed by atoms with Crippen molar-refractivity contribution in [2.24, 2.45) is 5.92 Å². The number of aryl methyl sites for hydroxylation is 1. The van der Waals surface area contributed by atoms with Gasteiger partial charge in [0.25, 0.3) is 5.91 Å². The smallest absolute Gasteiger partial charge is 0.257 e. The average Bonchev–Trinajstić information content (AvgIpc) is 3.23. The maximum Gasteiger partial charge on any atom is 0.257 e. The number of thioether (sulfide) groups is 1. The van der Waals surface area contributed by atoms with Crippen molar-refractivity contribution in [2.45, 2.75) is 51.7 Å². The minimum absolute atomic E-state index is 0.0885. The fourth-order valence-electron chi connectivity index (χ4n) is 3.43. The summed E-state index contributed by atoms with van der Waals surface area (Å²) in [5, 5.41) is 0. The number of amides is 1. The number of rotatable bonds is 6. The summed E-state index contributed by atoms with van der Waals surface area (Å²) in [5.74, 6) is 1.46. The zero-order valence-electron chi connectivity index (χ0n) is 14.9. The van der Waals surface area contributed by atoms with Crippen molar-refractivity contribution in [3.8, 4) is 0 Å². The molecule has 0 radical (unpaired) electrons. The molecule has 2 aliphatic rings. The first-order valence-corrected chi connectivity index (χ1v) is 10.1. The second-order valence-electron chi connectivity index (χ2n) is 6.96. The summed E-state index contributed by atoms with van der Waals surface area (Å²) in [6.45, 7) is 7.00. The molecule has 0 aromatic heterocycles. The van der Waals surface area contributed by atoms with Gasteiger partial charge in [-0.2, -0.15) is 11.8 Å². The molecule has 1 amide bonds. The molecule has 24 heavy (non-hydrogen) atoms. The van der Waals surface area contributed by atoms with Gasteiger partial charge in [0.1, 0.15) is 12.3 Å². The second kappa shape index (κ2) is 7.46. The molecule has 1 aromatic carbocycles. The average molecular weight is 349 g/mol. The predicted molar refractivity (Wildman–Crippen MR) is 97.0 cm³/mol. The van der Waals surface area contributed by atoms with Gasteiger partial charge in [0.15, 0.2) is 6.10 Å². The molecule has 2 saturated heterocycles. The molecule has 0 spiro atoms. The molecule has 2 aliphatic heterocycles. The molecule has 0 bridgehead atoms. The van der Waals surface area contributed by atoms with Gasteiger partial charge in [-0.05, 0) is 36.0 Å². The fraction of sp³-hybridized carbons (Fsp3) is 0.632. The molecule has 3 rings (SSSR count). The molecule has 2 fully saturated rings. The third kappa shape index (κ3) is 3.48. The van der Waals surface area contributed by atoms with E-state index in [1.807, 2.05) is 17.0 Å². The number of hydrogen-bond donors (Lipinski definition) is 0. The van der Waals surface area contributed by atoms with Gasteiger partial charge in [0, 0.05) is 6.42 Å². The van der Waals surface area contributed by atoms with Crippen molar-refractivity contribution < 1.29 is 14.3 Å². The fourth-order valence-corrected chi connectivity index (χ4v) is 3.87. The number of epoxide rings is 1. The molecule has 2 heterocycles. The van der Waals surface area contributed by atoms with E-state index >= 15 is 0 Å². The molecule has 0 N–H and O–H groups in total. The van der Waals surface area contributed by atoms with Crippen LogP contribution in [0.2, 0.25) is 0 Å². The number of nitrogens with zero attached hydrogens (tertiary/aromatic N) is 1. The van der Waals surface area contributed by atoms with Crippen LogP contribution in [0.15, 0.2) is 24.3 Å². The van der Waals surface area contributed by atoms with Crippen molar-refractivity contribution in [1.29, 1.82) is 0 Å². The zero-order valence-corrected chi connectivity index (χ0v) is 15.7. The van der Waals surface area contributed by atoms with E-state index in [0.29, 0.717) is 12.5 Å². The lowest BCUT2D eigenvalue weighted by molar-refractivity contribution is -0.139. The van der Waals surface area contributed by atoms with Crippen LogP contribution in [-0.2, 0) is 14.3 Å². The van der Waals surface area contributed by atoms with Gasteiger partial charge >= 0.3 is 0 Å². The van der Waals surface area contributed by atoms with Crippen LogP contribution < -0.4 is 0 Å². The first-order valence-electron chi connectivity index (χ1n) is 8.68. The Morgan fingerprint density at radius 2 is 2.12 bits per heavy atom. The Morgan fingerprint density at radius 3 is 2.79 bits per heavy atom. The van der Waals surface area contributed by atoms with Crippen LogP contribution in [0.3, 0.4) is 0 Å². The number of hydrogen-bond acceptors (Lipinski definition) is 4. The van der Waals surface area contributed by atoms with Gasteiger partial charge in [-0.15, -0.1) is 0 Å². The van der Waals surface area contributed by atoms with Gasteiger partial charge in [-0.3, -0.25) is 4.79 Å². The predicted octanol–water partition coefficient (Wildman–Crippen LogP) is 3.40. The Morgan fingerprint density at radius 1 is 1.38 bits per heavy atom. The molecule has 0 aliphatic carbocycles. The number of ether oxygens (including phenoxy) is 2.